The van der Waals surface area contributed by atoms with Crippen molar-refractivity contribution in [3.63, 3.8) is 0 Å². The number of carbonyl (C=O) groups is 1. The fourth-order valence-electron chi connectivity index (χ4n) is 2.77. The van der Waals surface area contributed by atoms with Crippen LogP contribution in [-0.4, -0.2) is 58.0 Å². The zero-order chi connectivity index (χ0) is 19.2. The van der Waals surface area contributed by atoms with Gasteiger partial charge in [0.2, 0.25) is 0 Å². The van der Waals surface area contributed by atoms with Crippen LogP contribution in [0.15, 0.2) is 48.8 Å². The summed E-state index contributed by atoms with van der Waals surface area (Å²) in [5.74, 6) is -0.235. The number of amides is 1. The van der Waals surface area contributed by atoms with Crippen LogP contribution in [0, 0.1) is 0 Å². The Morgan fingerprint density at radius 1 is 1.19 bits per heavy atom. The van der Waals surface area contributed by atoms with Gasteiger partial charge in [0.05, 0.1) is 5.69 Å². The molecule has 0 bridgehead atoms. The maximum Gasteiger partial charge on any atom is 0.274 e. The minimum absolute atomic E-state index is 0.235. The van der Waals surface area contributed by atoms with Crippen molar-refractivity contribution >= 4 is 5.91 Å². The van der Waals surface area contributed by atoms with Gasteiger partial charge in [-0.25, -0.2) is 4.68 Å². The number of hydrogen-bond donors (Lipinski definition) is 1. The lowest BCUT2D eigenvalue weighted by Gasteiger charge is -2.11. The van der Waals surface area contributed by atoms with Crippen molar-refractivity contribution in [3.05, 3.63) is 60.0 Å². The highest BCUT2D eigenvalue weighted by atomic mass is 16.2. The Morgan fingerprint density at radius 3 is 2.67 bits per heavy atom. The number of nitrogens with zero attached hydrogens (tertiary/aromatic N) is 5. The topological polar surface area (TPSA) is 75.9 Å². The third-order valence-corrected chi connectivity index (χ3v) is 4.25. The monoisotopic (exact) mass is 364 g/mol. The van der Waals surface area contributed by atoms with E-state index in [1.165, 1.54) is 5.56 Å². The van der Waals surface area contributed by atoms with Crippen LogP contribution in [0.2, 0.25) is 0 Å². The zero-order valence-electron chi connectivity index (χ0n) is 15.9. The van der Waals surface area contributed by atoms with Crippen molar-refractivity contribution in [3.8, 4) is 16.9 Å². The van der Waals surface area contributed by atoms with Gasteiger partial charge >= 0.3 is 0 Å². The molecule has 1 amide bonds. The van der Waals surface area contributed by atoms with Gasteiger partial charge in [0.15, 0.2) is 5.69 Å². The molecule has 0 aliphatic heterocycles. The van der Waals surface area contributed by atoms with Crippen molar-refractivity contribution in [2.24, 2.45) is 0 Å². The number of aromatic nitrogens is 4. The summed E-state index contributed by atoms with van der Waals surface area (Å²) in [7, 11) is 3.93. The Hall–Kier alpha value is -3.06. The molecule has 0 atom stereocenters. The SMILES string of the molecule is CCc1cccc(-n2nnc(C(=O)NCCN(C)C)c2-c2ccncc2)c1. The van der Waals surface area contributed by atoms with Crippen molar-refractivity contribution in [2.45, 2.75) is 13.3 Å². The molecule has 140 valence electrons. The highest BCUT2D eigenvalue weighted by molar-refractivity contribution is 5.98. The summed E-state index contributed by atoms with van der Waals surface area (Å²) < 4.78 is 1.72. The molecule has 3 rings (SSSR count). The van der Waals surface area contributed by atoms with E-state index in [0.29, 0.717) is 17.9 Å². The first-order valence-corrected chi connectivity index (χ1v) is 8.98. The van der Waals surface area contributed by atoms with Crippen LogP contribution >= 0.6 is 0 Å². The summed E-state index contributed by atoms with van der Waals surface area (Å²) in [5.41, 5.74) is 3.88. The molecule has 2 heterocycles. The van der Waals surface area contributed by atoms with Gasteiger partial charge in [-0.2, -0.15) is 0 Å². The maximum absolute atomic E-state index is 12.7. The molecule has 27 heavy (non-hydrogen) atoms. The third kappa shape index (κ3) is 4.38. The summed E-state index contributed by atoms with van der Waals surface area (Å²) in [4.78, 5) is 18.8. The van der Waals surface area contributed by atoms with E-state index in [-0.39, 0.29) is 5.91 Å². The number of benzene rings is 1. The van der Waals surface area contributed by atoms with E-state index in [9.17, 15) is 4.79 Å². The standard InChI is InChI=1S/C20H24N6O/c1-4-15-6-5-7-17(14-15)26-19(16-8-10-21-11-9-16)18(23-24-26)20(27)22-12-13-25(2)3/h5-11,14H,4,12-13H2,1-3H3,(H,22,27). The summed E-state index contributed by atoms with van der Waals surface area (Å²) in [6.45, 7) is 3.40. The van der Waals surface area contributed by atoms with Crippen LogP contribution in [-0.2, 0) is 6.42 Å². The van der Waals surface area contributed by atoms with E-state index in [1.807, 2.05) is 43.3 Å². The van der Waals surface area contributed by atoms with E-state index in [1.54, 1.807) is 17.1 Å². The minimum Gasteiger partial charge on any atom is -0.349 e. The first-order chi connectivity index (χ1) is 13.1. The predicted molar refractivity (Wildman–Crippen MR) is 105 cm³/mol. The number of carbonyl (C=O) groups excluding carboxylic acids is 1. The molecule has 3 aromatic rings. The van der Waals surface area contributed by atoms with E-state index in [0.717, 1.165) is 24.2 Å². The summed E-state index contributed by atoms with van der Waals surface area (Å²) >= 11 is 0. The fourth-order valence-corrected chi connectivity index (χ4v) is 2.77. The van der Waals surface area contributed by atoms with Crippen LogP contribution in [0.25, 0.3) is 16.9 Å². The highest BCUT2D eigenvalue weighted by Gasteiger charge is 2.22. The quantitative estimate of drug-likeness (QED) is 0.695. The molecule has 0 radical (unpaired) electrons. The fraction of sp³-hybridized carbons (Fsp3) is 0.300. The van der Waals surface area contributed by atoms with Crippen molar-refractivity contribution in [1.29, 1.82) is 0 Å². The van der Waals surface area contributed by atoms with E-state index in [2.05, 4.69) is 39.7 Å². The number of nitrogens with one attached hydrogen (secondary N) is 1. The van der Waals surface area contributed by atoms with Gasteiger partial charge in [-0.05, 0) is 50.3 Å². The molecule has 1 aromatic carbocycles. The molecule has 0 saturated heterocycles. The van der Waals surface area contributed by atoms with Crippen LogP contribution in [0.1, 0.15) is 23.0 Å². The van der Waals surface area contributed by atoms with Gasteiger partial charge in [0.25, 0.3) is 5.91 Å². The van der Waals surface area contributed by atoms with Gasteiger partial charge < -0.3 is 10.2 Å². The van der Waals surface area contributed by atoms with Crippen LogP contribution in [0.5, 0.6) is 0 Å². The molecule has 0 unspecified atom stereocenters. The van der Waals surface area contributed by atoms with Crippen molar-refractivity contribution < 1.29 is 4.79 Å². The smallest absolute Gasteiger partial charge is 0.274 e. The molecule has 7 nitrogen and oxygen atoms in total. The molecular weight excluding hydrogens is 340 g/mol. The van der Waals surface area contributed by atoms with Gasteiger partial charge in [0.1, 0.15) is 5.69 Å². The maximum atomic E-state index is 12.7. The zero-order valence-corrected chi connectivity index (χ0v) is 15.9. The number of aryl methyl sites for hydroxylation is 1. The average Bonchev–Trinajstić information content (AvgIpc) is 3.13. The number of hydrogen-bond acceptors (Lipinski definition) is 5. The number of rotatable bonds is 7. The van der Waals surface area contributed by atoms with Crippen molar-refractivity contribution in [2.75, 3.05) is 27.2 Å². The lowest BCUT2D eigenvalue weighted by atomic mass is 10.1. The molecule has 1 N–H and O–H groups in total. The van der Waals surface area contributed by atoms with Crippen LogP contribution < -0.4 is 5.32 Å². The van der Waals surface area contributed by atoms with E-state index in [4.69, 9.17) is 0 Å². The number of pyridine rings is 1. The minimum atomic E-state index is -0.235. The first kappa shape index (κ1) is 18.7. The molecule has 0 fully saturated rings. The van der Waals surface area contributed by atoms with Crippen molar-refractivity contribution in [1.82, 2.24) is 30.2 Å². The second-order valence-electron chi connectivity index (χ2n) is 6.52. The lowest BCUT2D eigenvalue weighted by molar-refractivity contribution is 0.0946. The second kappa shape index (κ2) is 8.55. The van der Waals surface area contributed by atoms with Gasteiger partial charge in [-0.1, -0.05) is 24.3 Å². The highest BCUT2D eigenvalue weighted by Crippen LogP contribution is 2.25. The van der Waals surface area contributed by atoms with Gasteiger partial charge in [0, 0.05) is 31.0 Å². The molecule has 0 spiro atoms. The Morgan fingerprint density at radius 2 is 1.96 bits per heavy atom. The van der Waals surface area contributed by atoms with Crippen LogP contribution in [0.3, 0.4) is 0 Å². The normalized spacial score (nSPS) is 11.0. The second-order valence-corrected chi connectivity index (χ2v) is 6.52. The molecular formula is C20H24N6O. The van der Waals surface area contributed by atoms with Gasteiger partial charge in [-0.3, -0.25) is 9.78 Å². The van der Waals surface area contributed by atoms with Crippen LogP contribution in [0.4, 0.5) is 0 Å². The molecule has 2 aromatic heterocycles. The first-order valence-electron chi connectivity index (χ1n) is 8.98. The molecule has 0 aliphatic rings. The summed E-state index contributed by atoms with van der Waals surface area (Å²) in [6.07, 6.45) is 4.32. The van der Waals surface area contributed by atoms with E-state index < -0.39 is 0 Å². The molecule has 0 saturated carbocycles. The third-order valence-electron chi connectivity index (χ3n) is 4.25. The largest absolute Gasteiger partial charge is 0.349 e. The van der Waals surface area contributed by atoms with Gasteiger partial charge in [-0.15, -0.1) is 5.10 Å². The molecule has 0 aliphatic carbocycles. The summed E-state index contributed by atoms with van der Waals surface area (Å²) in [6, 6.07) is 11.8. The number of likely N-dealkylation sites (N-methyl/N-ethyl adjacent to an activating group) is 1. The average molecular weight is 364 g/mol. The Balaban J connectivity index is 2.02. The predicted octanol–water partition coefficient (Wildman–Crippen LogP) is 2.18. The lowest BCUT2D eigenvalue weighted by Crippen LogP contribution is -2.31. The van der Waals surface area contributed by atoms with E-state index >= 15 is 0 Å². The summed E-state index contributed by atoms with van der Waals surface area (Å²) in [5, 5.41) is 11.4. The molecule has 7 heteroatoms. The Labute approximate surface area is 159 Å². The Bertz CT molecular complexity index is 904. The Kier molecular flexibility index (Phi) is 5.93.